The van der Waals surface area contributed by atoms with Gasteiger partial charge in [-0.3, -0.25) is 0 Å². The van der Waals surface area contributed by atoms with Crippen LogP contribution in [-0.4, -0.2) is 19.5 Å². The molecule has 0 fully saturated rings. The summed E-state index contributed by atoms with van der Waals surface area (Å²) in [6.45, 7) is 10.00. The van der Waals surface area contributed by atoms with E-state index in [-0.39, 0.29) is 6.29 Å². The molecule has 0 radical (unpaired) electrons. The lowest BCUT2D eigenvalue weighted by atomic mass is 9.81. The molecule has 2 atom stereocenters. The van der Waals surface area contributed by atoms with Crippen molar-refractivity contribution in [3.63, 3.8) is 0 Å². The predicted octanol–water partition coefficient (Wildman–Crippen LogP) is 3.38. The highest BCUT2D eigenvalue weighted by Crippen LogP contribution is 2.32. The van der Waals surface area contributed by atoms with Crippen molar-refractivity contribution in [2.45, 2.75) is 46.8 Å². The molecule has 15 heavy (non-hydrogen) atoms. The van der Waals surface area contributed by atoms with Gasteiger partial charge in [0.05, 0.1) is 0 Å². The standard InChI is InChI=1S/C13H24O2/c1-5-14-13(15-6-2)12-8-7-10(3)9-11(12)4/h9,11-13H,5-8H2,1-4H3/t11-,12+/m0/s1. The van der Waals surface area contributed by atoms with E-state index in [9.17, 15) is 0 Å². The van der Waals surface area contributed by atoms with Crippen LogP contribution in [0.25, 0.3) is 0 Å². The molecule has 0 aliphatic heterocycles. The fourth-order valence-corrected chi connectivity index (χ4v) is 2.32. The van der Waals surface area contributed by atoms with Gasteiger partial charge in [-0.05, 0) is 39.5 Å². The molecule has 0 aromatic heterocycles. The molecule has 0 aromatic rings. The van der Waals surface area contributed by atoms with Gasteiger partial charge >= 0.3 is 0 Å². The first-order valence-electron chi connectivity index (χ1n) is 6.09. The van der Waals surface area contributed by atoms with Crippen molar-refractivity contribution in [3.8, 4) is 0 Å². The molecule has 88 valence electrons. The van der Waals surface area contributed by atoms with Crippen LogP contribution in [0.1, 0.15) is 40.5 Å². The van der Waals surface area contributed by atoms with Gasteiger partial charge < -0.3 is 9.47 Å². The number of hydrogen-bond acceptors (Lipinski definition) is 2. The van der Waals surface area contributed by atoms with Gasteiger partial charge in [0.15, 0.2) is 6.29 Å². The van der Waals surface area contributed by atoms with E-state index < -0.39 is 0 Å². The molecule has 0 saturated heterocycles. The maximum absolute atomic E-state index is 5.68. The molecule has 0 N–H and O–H groups in total. The van der Waals surface area contributed by atoms with Gasteiger partial charge in [-0.25, -0.2) is 0 Å². The Hall–Kier alpha value is -0.340. The Morgan fingerprint density at radius 1 is 1.33 bits per heavy atom. The molecule has 0 bridgehead atoms. The molecule has 1 rings (SSSR count). The van der Waals surface area contributed by atoms with Crippen LogP contribution < -0.4 is 0 Å². The monoisotopic (exact) mass is 212 g/mol. The molecular weight excluding hydrogens is 188 g/mol. The Bertz CT molecular complexity index is 205. The molecule has 0 spiro atoms. The van der Waals surface area contributed by atoms with Gasteiger partial charge in [-0.15, -0.1) is 0 Å². The second kappa shape index (κ2) is 6.29. The van der Waals surface area contributed by atoms with E-state index in [4.69, 9.17) is 9.47 Å². The molecule has 1 aliphatic carbocycles. The fourth-order valence-electron chi connectivity index (χ4n) is 2.32. The summed E-state index contributed by atoms with van der Waals surface area (Å²) in [6.07, 6.45) is 4.72. The molecule has 0 aromatic carbocycles. The summed E-state index contributed by atoms with van der Waals surface area (Å²) in [7, 11) is 0. The molecule has 0 amide bonds. The summed E-state index contributed by atoms with van der Waals surface area (Å²) in [6, 6.07) is 0. The largest absolute Gasteiger partial charge is 0.353 e. The van der Waals surface area contributed by atoms with E-state index in [2.05, 4.69) is 19.9 Å². The average molecular weight is 212 g/mol. The Balaban J connectivity index is 2.59. The first-order valence-corrected chi connectivity index (χ1v) is 6.09. The van der Waals surface area contributed by atoms with Crippen molar-refractivity contribution in [1.82, 2.24) is 0 Å². The van der Waals surface area contributed by atoms with Crippen LogP contribution >= 0.6 is 0 Å². The van der Waals surface area contributed by atoms with Gasteiger partial charge in [0.2, 0.25) is 0 Å². The van der Waals surface area contributed by atoms with Crippen molar-refractivity contribution in [3.05, 3.63) is 11.6 Å². The van der Waals surface area contributed by atoms with Crippen LogP contribution in [0.2, 0.25) is 0 Å². The smallest absolute Gasteiger partial charge is 0.160 e. The Morgan fingerprint density at radius 2 is 1.93 bits per heavy atom. The quantitative estimate of drug-likeness (QED) is 0.514. The van der Waals surface area contributed by atoms with E-state index >= 15 is 0 Å². The highest BCUT2D eigenvalue weighted by molar-refractivity contribution is 5.06. The second-order valence-electron chi connectivity index (χ2n) is 4.35. The van der Waals surface area contributed by atoms with Crippen LogP contribution in [0.15, 0.2) is 11.6 Å². The second-order valence-corrected chi connectivity index (χ2v) is 4.35. The summed E-state index contributed by atoms with van der Waals surface area (Å²) < 4.78 is 11.4. The van der Waals surface area contributed by atoms with Crippen molar-refractivity contribution in [2.75, 3.05) is 13.2 Å². The number of allylic oxidation sites excluding steroid dienone is 2. The Kier molecular flexibility index (Phi) is 5.34. The predicted molar refractivity (Wildman–Crippen MR) is 62.7 cm³/mol. The minimum atomic E-state index is -0.0145. The lowest BCUT2D eigenvalue weighted by molar-refractivity contribution is -0.175. The lowest BCUT2D eigenvalue weighted by Crippen LogP contribution is -2.33. The molecule has 0 saturated carbocycles. The van der Waals surface area contributed by atoms with Crippen LogP contribution in [0.5, 0.6) is 0 Å². The molecule has 0 unspecified atom stereocenters. The SMILES string of the molecule is CCOC(OCC)[C@@H]1CCC(C)=C[C@@H]1C. The number of ether oxygens (including phenoxy) is 2. The van der Waals surface area contributed by atoms with Crippen LogP contribution in [0.4, 0.5) is 0 Å². The summed E-state index contributed by atoms with van der Waals surface area (Å²) in [5, 5.41) is 0. The highest BCUT2D eigenvalue weighted by atomic mass is 16.7. The zero-order valence-corrected chi connectivity index (χ0v) is 10.5. The van der Waals surface area contributed by atoms with E-state index in [1.165, 1.54) is 18.4 Å². The van der Waals surface area contributed by atoms with Gasteiger partial charge in [0.1, 0.15) is 0 Å². The highest BCUT2D eigenvalue weighted by Gasteiger charge is 2.29. The molecule has 0 heterocycles. The average Bonchev–Trinajstić information content (AvgIpc) is 2.17. The van der Waals surface area contributed by atoms with Crippen molar-refractivity contribution in [2.24, 2.45) is 11.8 Å². The van der Waals surface area contributed by atoms with E-state index in [0.29, 0.717) is 11.8 Å². The van der Waals surface area contributed by atoms with Crippen molar-refractivity contribution >= 4 is 0 Å². The molecular formula is C13H24O2. The summed E-state index contributed by atoms with van der Waals surface area (Å²) in [5.74, 6) is 1.09. The van der Waals surface area contributed by atoms with E-state index in [1.807, 2.05) is 13.8 Å². The maximum Gasteiger partial charge on any atom is 0.160 e. The van der Waals surface area contributed by atoms with E-state index in [1.54, 1.807) is 0 Å². The summed E-state index contributed by atoms with van der Waals surface area (Å²) >= 11 is 0. The third-order valence-electron chi connectivity index (χ3n) is 3.11. The first kappa shape index (κ1) is 12.7. The normalized spacial score (nSPS) is 26.9. The summed E-state index contributed by atoms with van der Waals surface area (Å²) in [5.41, 5.74) is 1.51. The van der Waals surface area contributed by atoms with Gasteiger partial charge in [0, 0.05) is 19.1 Å². The van der Waals surface area contributed by atoms with Crippen LogP contribution in [-0.2, 0) is 9.47 Å². The summed E-state index contributed by atoms with van der Waals surface area (Å²) in [4.78, 5) is 0. The fraction of sp³-hybridized carbons (Fsp3) is 0.846. The van der Waals surface area contributed by atoms with Crippen molar-refractivity contribution in [1.29, 1.82) is 0 Å². The first-order chi connectivity index (χ1) is 7.19. The number of hydrogen-bond donors (Lipinski definition) is 0. The van der Waals surface area contributed by atoms with Crippen LogP contribution in [0.3, 0.4) is 0 Å². The minimum absolute atomic E-state index is 0.0145. The van der Waals surface area contributed by atoms with Gasteiger partial charge in [-0.2, -0.15) is 0 Å². The Labute approximate surface area is 93.7 Å². The van der Waals surface area contributed by atoms with Crippen LogP contribution in [0, 0.1) is 11.8 Å². The lowest BCUT2D eigenvalue weighted by Gasteiger charge is -2.33. The van der Waals surface area contributed by atoms with Crippen molar-refractivity contribution < 1.29 is 9.47 Å². The third-order valence-corrected chi connectivity index (χ3v) is 3.11. The number of rotatable bonds is 5. The van der Waals surface area contributed by atoms with Gasteiger partial charge in [-0.1, -0.05) is 18.6 Å². The van der Waals surface area contributed by atoms with E-state index in [0.717, 1.165) is 13.2 Å². The minimum Gasteiger partial charge on any atom is -0.353 e. The molecule has 2 nitrogen and oxygen atoms in total. The zero-order chi connectivity index (χ0) is 11.3. The Morgan fingerprint density at radius 3 is 2.40 bits per heavy atom. The molecule has 1 aliphatic rings. The maximum atomic E-state index is 5.68. The third kappa shape index (κ3) is 3.62. The molecule has 2 heteroatoms. The zero-order valence-electron chi connectivity index (χ0n) is 10.5. The topological polar surface area (TPSA) is 18.5 Å². The van der Waals surface area contributed by atoms with Gasteiger partial charge in [0.25, 0.3) is 0 Å².